The molecule has 1 aromatic carbocycles. The van der Waals surface area contributed by atoms with Crippen LogP contribution in [0.5, 0.6) is 5.75 Å². The topological polar surface area (TPSA) is 75.9 Å². The molecule has 7 nitrogen and oxygen atoms in total. The number of amides is 1. The monoisotopic (exact) mass is 466 g/mol. The molecule has 1 saturated heterocycles. The Balaban J connectivity index is 1.75. The van der Waals surface area contributed by atoms with Gasteiger partial charge in [-0.25, -0.2) is 4.98 Å². The largest absolute Gasteiger partial charge is 0.497 e. The normalized spacial score (nSPS) is 15.2. The first-order valence-electron chi connectivity index (χ1n) is 10.0. The predicted octanol–water partition coefficient (Wildman–Crippen LogP) is 3.92. The number of nitrogens with one attached hydrogen (secondary N) is 1. The third-order valence-electron chi connectivity index (χ3n) is 5.00. The number of anilines is 1. The smallest absolute Gasteiger partial charge is 0.267 e. The second kappa shape index (κ2) is 9.13. The van der Waals surface area contributed by atoms with Crippen molar-refractivity contribution in [1.82, 2.24) is 14.3 Å². The molecule has 2 aromatic heterocycles. The summed E-state index contributed by atoms with van der Waals surface area (Å²) in [5.41, 5.74) is 1.56. The summed E-state index contributed by atoms with van der Waals surface area (Å²) < 4.78 is 7.15. The Bertz CT molecular complexity index is 1280. The fraction of sp³-hybridized carbons (Fsp3) is 0.217. The van der Waals surface area contributed by atoms with Crippen LogP contribution in [0.4, 0.5) is 5.82 Å². The Morgan fingerprint density at radius 3 is 2.59 bits per heavy atom. The van der Waals surface area contributed by atoms with Gasteiger partial charge < -0.3 is 10.1 Å². The maximum absolute atomic E-state index is 13.3. The summed E-state index contributed by atoms with van der Waals surface area (Å²) in [6.07, 6.45) is 3.25. The number of hydrogen-bond donors (Lipinski definition) is 1. The van der Waals surface area contributed by atoms with Crippen LogP contribution in [0.15, 0.2) is 58.4 Å². The van der Waals surface area contributed by atoms with E-state index in [0.29, 0.717) is 32.8 Å². The molecule has 164 valence electrons. The molecular formula is C23H22N4O3S2. The van der Waals surface area contributed by atoms with Crippen LogP contribution >= 0.6 is 24.0 Å². The lowest BCUT2D eigenvalue weighted by molar-refractivity contribution is -0.123. The highest BCUT2D eigenvalue weighted by Gasteiger charge is 2.34. The summed E-state index contributed by atoms with van der Waals surface area (Å²) >= 11 is 6.57. The van der Waals surface area contributed by atoms with E-state index in [1.54, 1.807) is 36.4 Å². The Kier molecular flexibility index (Phi) is 6.29. The minimum Gasteiger partial charge on any atom is -0.497 e. The number of methoxy groups -OCH3 is 1. The van der Waals surface area contributed by atoms with Gasteiger partial charge in [0.2, 0.25) is 0 Å². The van der Waals surface area contributed by atoms with Crippen molar-refractivity contribution < 1.29 is 9.53 Å². The highest BCUT2D eigenvalue weighted by atomic mass is 32.2. The molecule has 0 unspecified atom stereocenters. The lowest BCUT2D eigenvalue weighted by Crippen LogP contribution is -2.34. The minimum absolute atomic E-state index is 0.0584. The Morgan fingerprint density at radius 1 is 1.19 bits per heavy atom. The molecule has 1 N–H and O–H groups in total. The van der Waals surface area contributed by atoms with E-state index in [1.165, 1.54) is 16.2 Å². The maximum Gasteiger partial charge on any atom is 0.267 e. The lowest BCUT2D eigenvalue weighted by atomic mass is 10.2. The Morgan fingerprint density at radius 2 is 1.94 bits per heavy atom. The average molecular weight is 467 g/mol. The zero-order chi connectivity index (χ0) is 22.8. The predicted molar refractivity (Wildman–Crippen MR) is 132 cm³/mol. The zero-order valence-corrected chi connectivity index (χ0v) is 19.5. The van der Waals surface area contributed by atoms with Crippen LogP contribution in [0.1, 0.15) is 25.0 Å². The number of hydrogen-bond acceptors (Lipinski definition) is 7. The number of benzene rings is 1. The van der Waals surface area contributed by atoms with Gasteiger partial charge in [0.25, 0.3) is 11.5 Å². The summed E-state index contributed by atoms with van der Waals surface area (Å²) in [5.74, 6) is 0.976. The molecule has 1 amide bonds. The first-order chi connectivity index (χ1) is 15.4. The molecule has 0 saturated carbocycles. The van der Waals surface area contributed by atoms with E-state index in [4.69, 9.17) is 17.0 Å². The van der Waals surface area contributed by atoms with Crippen molar-refractivity contribution in [3.63, 3.8) is 0 Å². The average Bonchev–Trinajstić information content (AvgIpc) is 3.07. The molecule has 4 rings (SSSR count). The fourth-order valence-corrected chi connectivity index (χ4v) is 4.86. The number of carbonyl (C=O) groups is 1. The fourth-order valence-electron chi connectivity index (χ4n) is 3.35. The van der Waals surface area contributed by atoms with Crippen LogP contribution in [-0.2, 0) is 11.3 Å². The van der Waals surface area contributed by atoms with E-state index in [2.05, 4.69) is 10.3 Å². The first kappa shape index (κ1) is 22.0. The molecular weight excluding hydrogens is 444 g/mol. The van der Waals surface area contributed by atoms with Crippen LogP contribution in [0, 0.1) is 0 Å². The summed E-state index contributed by atoms with van der Waals surface area (Å²) in [7, 11) is 1.62. The number of rotatable bonds is 6. The number of nitrogens with zero attached hydrogens (tertiary/aromatic N) is 3. The van der Waals surface area contributed by atoms with Crippen molar-refractivity contribution in [3.8, 4) is 5.75 Å². The third-order valence-corrected chi connectivity index (χ3v) is 6.33. The standard InChI is InChI=1S/C23H22N4O3S2/c1-14(2)27-22(29)18(32-23(27)31)12-17-20(24-13-15-7-9-16(30-3)10-8-15)25-19-6-4-5-11-26(19)21(17)28/h4-12,14,24H,13H2,1-3H3/b18-12-. The second-order valence-corrected chi connectivity index (χ2v) is 9.13. The molecule has 0 bridgehead atoms. The SMILES string of the molecule is COc1ccc(CNc2nc3ccccn3c(=O)c2/C=C2\SC(=S)N(C(C)C)C2=O)cc1. The summed E-state index contributed by atoms with van der Waals surface area (Å²) in [6.45, 7) is 4.26. The van der Waals surface area contributed by atoms with Crippen molar-refractivity contribution in [2.45, 2.75) is 26.4 Å². The van der Waals surface area contributed by atoms with E-state index < -0.39 is 0 Å². The van der Waals surface area contributed by atoms with Gasteiger partial charge in [-0.15, -0.1) is 0 Å². The van der Waals surface area contributed by atoms with E-state index >= 15 is 0 Å². The first-order valence-corrected chi connectivity index (χ1v) is 11.3. The van der Waals surface area contributed by atoms with Crippen LogP contribution in [0.3, 0.4) is 0 Å². The van der Waals surface area contributed by atoms with E-state index in [1.807, 2.05) is 44.2 Å². The van der Waals surface area contributed by atoms with Crippen molar-refractivity contribution in [2.24, 2.45) is 0 Å². The molecule has 32 heavy (non-hydrogen) atoms. The molecule has 0 spiro atoms. The van der Waals surface area contributed by atoms with Gasteiger partial charge in [0.15, 0.2) is 0 Å². The lowest BCUT2D eigenvalue weighted by Gasteiger charge is -2.18. The quantitative estimate of drug-likeness (QED) is 0.436. The van der Waals surface area contributed by atoms with Crippen LogP contribution in [0.2, 0.25) is 0 Å². The van der Waals surface area contributed by atoms with Gasteiger partial charge in [-0.2, -0.15) is 0 Å². The summed E-state index contributed by atoms with van der Waals surface area (Å²) in [5, 5.41) is 3.26. The number of fused-ring (bicyclic) bond motifs is 1. The van der Waals surface area contributed by atoms with Crippen molar-refractivity contribution in [3.05, 3.63) is 75.0 Å². The number of thioether (sulfide) groups is 1. The van der Waals surface area contributed by atoms with Crippen LogP contribution in [-0.4, -0.2) is 37.7 Å². The summed E-state index contributed by atoms with van der Waals surface area (Å²) in [6, 6.07) is 12.9. The van der Waals surface area contributed by atoms with Crippen molar-refractivity contribution in [1.29, 1.82) is 0 Å². The maximum atomic E-state index is 13.3. The number of ether oxygens (including phenoxy) is 1. The van der Waals surface area contributed by atoms with Crippen LogP contribution < -0.4 is 15.6 Å². The van der Waals surface area contributed by atoms with Crippen LogP contribution in [0.25, 0.3) is 11.7 Å². The van der Waals surface area contributed by atoms with Crippen molar-refractivity contribution >= 4 is 51.7 Å². The molecule has 1 fully saturated rings. The molecule has 3 aromatic rings. The molecule has 0 radical (unpaired) electrons. The third kappa shape index (κ3) is 4.26. The second-order valence-electron chi connectivity index (χ2n) is 7.46. The Labute approximate surface area is 195 Å². The highest BCUT2D eigenvalue weighted by molar-refractivity contribution is 8.26. The van der Waals surface area contributed by atoms with E-state index in [0.717, 1.165) is 11.3 Å². The van der Waals surface area contributed by atoms with Crippen molar-refractivity contribution in [2.75, 3.05) is 12.4 Å². The molecule has 1 aliphatic heterocycles. The zero-order valence-electron chi connectivity index (χ0n) is 17.9. The van der Waals surface area contributed by atoms with E-state index in [-0.39, 0.29) is 17.5 Å². The minimum atomic E-state index is -0.261. The highest BCUT2D eigenvalue weighted by Crippen LogP contribution is 2.34. The van der Waals surface area contributed by atoms with Gasteiger partial charge in [-0.1, -0.05) is 42.2 Å². The van der Waals surface area contributed by atoms with E-state index in [9.17, 15) is 9.59 Å². The molecule has 3 heterocycles. The van der Waals surface area contributed by atoms with Gasteiger partial charge in [-0.3, -0.25) is 18.9 Å². The number of thiocarbonyl (C=S) groups is 1. The Hall–Kier alpha value is -3.17. The number of carbonyl (C=O) groups excluding carboxylic acids is 1. The number of aromatic nitrogens is 2. The van der Waals surface area contributed by atoms with Gasteiger partial charge in [0.05, 0.1) is 17.6 Å². The molecule has 0 atom stereocenters. The molecule has 9 heteroatoms. The molecule has 0 aliphatic carbocycles. The van der Waals surface area contributed by atoms with Gasteiger partial charge in [0.1, 0.15) is 21.5 Å². The summed E-state index contributed by atoms with van der Waals surface area (Å²) in [4.78, 5) is 32.8. The molecule has 1 aliphatic rings. The van der Waals surface area contributed by atoms with Gasteiger partial charge >= 0.3 is 0 Å². The van der Waals surface area contributed by atoms with Gasteiger partial charge in [0, 0.05) is 18.8 Å². The van der Waals surface area contributed by atoms with Gasteiger partial charge in [-0.05, 0) is 49.8 Å². The number of pyridine rings is 1.